The van der Waals surface area contributed by atoms with Crippen molar-refractivity contribution in [2.75, 3.05) is 0 Å². The number of hydrogen-bond acceptors (Lipinski definition) is 4. The Morgan fingerprint density at radius 1 is 1.45 bits per heavy atom. The van der Waals surface area contributed by atoms with E-state index in [2.05, 4.69) is 26.1 Å². The lowest BCUT2D eigenvalue weighted by Gasteiger charge is -2.09. The van der Waals surface area contributed by atoms with Gasteiger partial charge in [0.25, 0.3) is 0 Å². The molecular formula is C12H8BrClFN3O2. The molecule has 104 valence electrons. The zero-order valence-electron chi connectivity index (χ0n) is 9.85. The van der Waals surface area contributed by atoms with E-state index in [4.69, 9.17) is 27.3 Å². The lowest BCUT2D eigenvalue weighted by molar-refractivity contribution is 0.318. The van der Waals surface area contributed by atoms with Crippen LogP contribution in [0.2, 0.25) is 5.02 Å². The quantitative estimate of drug-likeness (QED) is 0.380. The molecule has 0 aliphatic carbocycles. The summed E-state index contributed by atoms with van der Waals surface area (Å²) in [7, 11) is 0. The zero-order chi connectivity index (χ0) is 14.7. The van der Waals surface area contributed by atoms with Gasteiger partial charge in [-0.15, -0.1) is 0 Å². The first-order chi connectivity index (χ1) is 9.51. The number of benzene rings is 1. The second-order valence-corrected chi connectivity index (χ2v) is 4.96. The molecule has 3 N–H and O–H groups in total. The van der Waals surface area contributed by atoms with Gasteiger partial charge in [-0.25, -0.2) is 9.37 Å². The van der Waals surface area contributed by atoms with Crippen molar-refractivity contribution >= 4 is 33.4 Å². The number of amidine groups is 1. The molecule has 20 heavy (non-hydrogen) atoms. The number of aromatic nitrogens is 1. The minimum absolute atomic E-state index is 0.0215. The van der Waals surface area contributed by atoms with Crippen LogP contribution in [0.1, 0.15) is 5.56 Å². The average molecular weight is 361 g/mol. The highest BCUT2D eigenvalue weighted by molar-refractivity contribution is 9.10. The van der Waals surface area contributed by atoms with Gasteiger partial charge in [-0.3, -0.25) is 0 Å². The topological polar surface area (TPSA) is 80.7 Å². The molecule has 5 nitrogen and oxygen atoms in total. The van der Waals surface area contributed by atoms with Crippen LogP contribution in [0.3, 0.4) is 0 Å². The van der Waals surface area contributed by atoms with Gasteiger partial charge in [-0.2, -0.15) is 0 Å². The Bertz CT molecular complexity index is 661. The number of nitrogens with zero attached hydrogens (tertiary/aromatic N) is 2. The molecule has 0 fully saturated rings. The van der Waals surface area contributed by atoms with E-state index in [1.165, 1.54) is 24.4 Å². The van der Waals surface area contributed by atoms with E-state index in [-0.39, 0.29) is 28.1 Å². The summed E-state index contributed by atoms with van der Waals surface area (Å²) in [6.45, 7) is 0. The Balaban J connectivity index is 2.39. The second-order valence-electron chi connectivity index (χ2n) is 3.67. The Labute approximate surface area is 127 Å². The Morgan fingerprint density at radius 2 is 2.20 bits per heavy atom. The normalized spacial score (nSPS) is 11.4. The highest BCUT2D eigenvalue weighted by Gasteiger charge is 2.13. The number of hydrogen-bond donors (Lipinski definition) is 2. The van der Waals surface area contributed by atoms with E-state index in [9.17, 15) is 4.39 Å². The fraction of sp³-hybridized carbons (Fsp3) is 0. The van der Waals surface area contributed by atoms with E-state index in [0.717, 1.165) is 0 Å². The minimum Gasteiger partial charge on any atom is -0.437 e. The zero-order valence-corrected chi connectivity index (χ0v) is 12.2. The molecule has 0 spiro atoms. The first-order valence-corrected chi connectivity index (χ1v) is 6.44. The largest absolute Gasteiger partial charge is 0.437 e. The van der Waals surface area contributed by atoms with Gasteiger partial charge >= 0.3 is 0 Å². The van der Waals surface area contributed by atoms with E-state index >= 15 is 0 Å². The maximum Gasteiger partial charge on any atom is 0.238 e. The van der Waals surface area contributed by atoms with Crippen molar-refractivity contribution < 1.29 is 14.3 Å². The predicted octanol–water partition coefficient (Wildman–Crippen LogP) is 3.52. The summed E-state index contributed by atoms with van der Waals surface area (Å²) in [4.78, 5) is 3.93. The molecule has 0 unspecified atom stereocenters. The van der Waals surface area contributed by atoms with E-state index in [0.29, 0.717) is 4.47 Å². The summed E-state index contributed by atoms with van der Waals surface area (Å²) >= 11 is 9.20. The van der Waals surface area contributed by atoms with Crippen LogP contribution in [0.25, 0.3) is 0 Å². The fourth-order valence-corrected chi connectivity index (χ4v) is 2.14. The lowest BCUT2D eigenvalue weighted by atomic mass is 10.2. The van der Waals surface area contributed by atoms with Gasteiger partial charge in [-0.1, -0.05) is 32.7 Å². The molecule has 0 atom stereocenters. The summed E-state index contributed by atoms with van der Waals surface area (Å²) in [5.74, 6) is -0.419. The lowest BCUT2D eigenvalue weighted by Crippen LogP contribution is -2.14. The molecule has 8 heteroatoms. The van der Waals surface area contributed by atoms with Crippen LogP contribution in [0.15, 0.2) is 40.1 Å². The highest BCUT2D eigenvalue weighted by Crippen LogP contribution is 2.31. The predicted molar refractivity (Wildman–Crippen MR) is 75.9 cm³/mol. The number of nitrogens with two attached hydrogens (primary N) is 1. The molecule has 0 aliphatic rings. The monoisotopic (exact) mass is 359 g/mol. The van der Waals surface area contributed by atoms with Crippen molar-refractivity contribution in [2.24, 2.45) is 10.9 Å². The number of ether oxygens (including phenoxy) is 1. The smallest absolute Gasteiger partial charge is 0.238 e. The third-order valence-corrected chi connectivity index (χ3v) is 3.11. The van der Waals surface area contributed by atoms with Gasteiger partial charge in [0.1, 0.15) is 16.6 Å². The summed E-state index contributed by atoms with van der Waals surface area (Å²) < 4.78 is 19.2. The number of pyridine rings is 1. The molecule has 0 radical (unpaired) electrons. The number of halogens is 3. The molecule has 0 amide bonds. The Kier molecular flexibility index (Phi) is 4.41. The van der Waals surface area contributed by atoms with Crippen LogP contribution < -0.4 is 10.5 Å². The van der Waals surface area contributed by atoms with Crippen molar-refractivity contribution in [3.8, 4) is 11.6 Å². The first-order valence-electron chi connectivity index (χ1n) is 5.27. The SMILES string of the molecule is N/C(=N/O)c1ccnc(Oc2cc(F)cc(Br)c2)c1Cl. The molecule has 2 aromatic rings. The van der Waals surface area contributed by atoms with Gasteiger partial charge in [0, 0.05) is 22.3 Å². The molecule has 0 aliphatic heterocycles. The second kappa shape index (κ2) is 6.06. The molecule has 0 saturated carbocycles. The molecule has 0 saturated heterocycles. The van der Waals surface area contributed by atoms with Gasteiger partial charge in [0.2, 0.25) is 5.88 Å². The summed E-state index contributed by atoms with van der Waals surface area (Å²) in [5.41, 5.74) is 5.73. The van der Waals surface area contributed by atoms with Crippen LogP contribution in [-0.2, 0) is 0 Å². The summed E-state index contributed by atoms with van der Waals surface area (Å²) in [6.07, 6.45) is 1.38. The number of rotatable bonds is 3. The molecule has 1 heterocycles. The van der Waals surface area contributed by atoms with Crippen LogP contribution in [-0.4, -0.2) is 16.0 Å². The molecule has 1 aromatic heterocycles. The maximum absolute atomic E-state index is 13.3. The van der Waals surface area contributed by atoms with Crippen LogP contribution in [0.5, 0.6) is 11.6 Å². The van der Waals surface area contributed by atoms with Crippen molar-refractivity contribution in [2.45, 2.75) is 0 Å². The van der Waals surface area contributed by atoms with E-state index in [1.807, 2.05) is 0 Å². The Morgan fingerprint density at radius 3 is 2.85 bits per heavy atom. The van der Waals surface area contributed by atoms with Gasteiger partial charge in [0.05, 0.1) is 0 Å². The van der Waals surface area contributed by atoms with E-state index < -0.39 is 5.82 Å². The van der Waals surface area contributed by atoms with Crippen molar-refractivity contribution in [1.29, 1.82) is 0 Å². The molecule has 2 rings (SSSR count). The fourth-order valence-electron chi connectivity index (χ4n) is 1.45. The first kappa shape index (κ1) is 14.5. The number of oxime groups is 1. The maximum atomic E-state index is 13.3. The minimum atomic E-state index is -0.474. The van der Waals surface area contributed by atoms with Crippen LogP contribution >= 0.6 is 27.5 Å². The average Bonchev–Trinajstić information content (AvgIpc) is 2.39. The van der Waals surface area contributed by atoms with Crippen molar-refractivity contribution in [3.05, 3.63) is 51.3 Å². The van der Waals surface area contributed by atoms with Gasteiger partial charge in [0.15, 0.2) is 5.84 Å². The van der Waals surface area contributed by atoms with Crippen molar-refractivity contribution in [1.82, 2.24) is 4.98 Å². The van der Waals surface area contributed by atoms with Gasteiger partial charge < -0.3 is 15.7 Å². The third kappa shape index (κ3) is 3.17. The Hall–Kier alpha value is -1.86. The molecule has 1 aromatic carbocycles. The summed E-state index contributed by atoms with van der Waals surface area (Å²) in [5, 5.41) is 11.6. The summed E-state index contributed by atoms with van der Waals surface area (Å²) in [6, 6.07) is 5.48. The standard InChI is InChI=1S/C12H8BrClFN3O2/c13-6-3-7(15)5-8(4-6)20-12-10(14)9(1-2-17-12)11(16)18-19/h1-5,19H,(H2,16,18). The van der Waals surface area contributed by atoms with Crippen LogP contribution in [0, 0.1) is 5.82 Å². The molecular weight excluding hydrogens is 353 g/mol. The van der Waals surface area contributed by atoms with Crippen LogP contribution in [0.4, 0.5) is 4.39 Å². The molecule has 0 bridgehead atoms. The highest BCUT2D eigenvalue weighted by atomic mass is 79.9. The van der Waals surface area contributed by atoms with E-state index in [1.54, 1.807) is 6.07 Å². The van der Waals surface area contributed by atoms with Gasteiger partial charge in [-0.05, 0) is 18.2 Å². The van der Waals surface area contributed by atoms with Crippen molar-refractivity contribution in [3.63, 3.8) is 0 Å². The third-order valence-electron chi connectivity index (χ3n) is 2.29.